The lowest BCUT2D eigenvalue weighted by atomic mass is 10.1. The first kappa shape index (κ1) is 9.11. The minimum absolute atomic E-state index is 1.02. The molecule has 1 aromatic rings. The van der Waals surface area contributed by atoms with Crippen molar-refractivity contribution in [1.82, 2.24) is 0 Å². The minimum atomic E-state index is 1.02. The van der Waals surface area contributed by atoms with Crippen molar-refractivity contribution in [3.8, 4) is 5.75 Å². The van der Waals surface area contributed by atoms with E-state index in [0.29, 0.717) is 0 Å². The Kier molecular flexibility index (Phi) is 3.15. The molecular weight excluding hydrogens is 148 g/mol. The first-order chi connectivity index (χ1) is 5.81. The summed E-state index contributed by atoms with van der Waals surface area (Å²) in [6.45, 7) is 4.30. The first-order valence-corrected chi connectivity index (χ1v) is 4.47. The maximum atomic E-state index is 5.28. The number of methoxy groups -OCH3 is 1. The lowest BCUT2D eigenvalue weighted by molar-refractivity contribution is 0.409. The van der Waals surface area contributed by atoms with Crippen LogP contribution in [0.2, 0.25) is 0 Å². The maximum Gasteiger partial charge on any atom is 0.122 e. The van der Waals surface area contributed by atoms with Gasteiger partial charge in [0, 0.05) is 0 Å². The smallest absolute Gasteiger partial charge is 0.122 e. The van der Waals surface area contributed by atoms with Gasteiger partial charge in [-0.25, -0.2) is 0 Å². The summed E-state index contributed by atoms with van der Waals surface area (Å²) in [4.78, 5) is 0. The van der Waals surface area contributed by atoms with E-state index in [1.807, 2.05) is 0 Å². The molecule has 0 aliphatic rings. The molecule has 1 aromatic carbocycles. The molecule has 0 N–H and O–H groups in total. The molecule has 12 heavy (non-hydrogen) atoms. The monoisotopic (exact) mass is 164 g/mol. The van der Waals surface area contributed by atoms with Crippen molar-refractivity contribution in [2.75, 3.05) is 7.11 Å². The van der Waals surface area contributed by atoms with Crippen LogP contribution in [0.15, 0.2) is 18.2 Å². The van der Waals surface area contributed by atoms with Crippen LogP contribution in [-0.4, -0.2) is 7.11 Å². The van der Waals surface area contributed by atoms with Crippen molar-refractivity contribution in [2.24, 2.45) is 0 Å². The van der Waals surface area contributed by atoms with Crippen LogP contribution in [0.25, 0.3) is 0 Å². The third-order valence-electron chi connectivity index (χ3n) is 2.14. The van der Waals surface area contributed by atoms with Crippen molar-refractivity contribution >= 4 is 0 Å². The van der Waals surface area contributed by atoms with Crippen molar-refractivity contribution in [2.45, 2.75) is 26.7 Å². The molecule has 0 spiro atoms. The maximum absolute atomic E-state index is 5.28. The Balaban J connectivity index is 3.02. The van der Waals surface area contributed by atoms with Gasteiger partial charge in [-0.1, -0.05) is 26.0 Å². The average molecular weight is 164 g/mol. The number of hydrogen-bond acceptors (Lipinski definition) is 1. The van der Waals surface area contributed by atoms with E-state index >= 15 is 0 Å². The largest absolute Gasteiger partial charge is 0.496 e. The Morgan fingerprint density at radius 2 is 1.92 bits per heavy atom. The zero-order chi connectivity index (χ0) is 8.97. The second-order valence-corrected chi connectivity index (χ2v) is 2.85. The van der Waals surface area contributed by atoms with Gasteiger partial charge < -0.3 is 4.74 Å². The van der Waals surface area contributed by atoms with Gasteiger partial charge in [-0.2, -0.15) is 0 Å². The fourth-order valence-electron chi connectivity index (χ4n) is 1.30. The van der Waals surface area contributed by atoms with E-state index in [1.54, 1.807) is 7.11 Å². The molecule has 0 atom stereocenters. The third-order valence-corrected chi connectivity index (χ3v) is 2.14. The Morgan fingerprint density at radius 1 is 1.17 bits per heavy atom. The second-order valence-electron chi connectivity index (χ2n) is 2.85. The van der Waals surface area contributed by atoms with E-state index in [0.717, 1.165) is 18.6 Å². The van der Waals surface area contributed by atoms with Crippen molar-refractivity contribution < 1.29 is 4.74 Å². The van der Waals surface area contributed by atoms with Crippen LogP contribution in [0, 0.1) is 0 Å². The zero-order valence-corrected chi connectivity index (χ0v) is 8.05. The molecule has 0 amide bonds. The quantitative estimate of drug-likeness (QED) is 0.667. The molecule has 1 nitrogen and oxygen atoms in total. The second kappa shape index (κ2) is 4.15. The fraction of sp³-hybridized carbons (Fsp3) is 0.455. The van der Waals surface area contributed by atoms with Crippen LogP contribution >= 0.6 is 0 Å². The molecule has 0 aliphatic carbocycles. The van der Waals surface area contributed by atoms with Crippen LogP contribution in [0.3, 0.4) is 0 Å². The van der Waals surface area contributed by atoms with Gasteiger partial charge in [0.05, 0.1) is 7.11 Å². The fourth-order valence-corrected chi connectivity index (χ4v) is 1.30. The van der Waals surface area contributed by atoms with Gasteiger partial charge in [0.2, 0.25) is 0 Å². The van der Waals surface area contributed by atoms with Gasteiger partial charge in [0.15, 0.2) is 0 Å². The summed E-state index contributed by atoms with van der Waals surface area (Å²) in [5.74, 6) is 1.02. The summed E-state index contributed by atoms with van der Waals surface area (Å²) >= 11 is 0. The highest BCUT2D eigenvalue weighted by molar-refractivity contribution is 5.37. The van der Waals surface area contributed by atoms with E-state index in [4.69, 9.17) is 4.74 Å². The zero-order valence-electron chi connectivity index (χ0n) is 8.05. The van der Waals surface area contributed by atoms with E-state index < -0.39 is 0 Å². The highest BCUT2D eigenvalue weighted by Crippen LogP contribution is 2.20. The molecule has 1 heteroatoms. The summed E-state index contributed by atoms with van der Waals surface area (Å²) in [5, 5.41) is 0. The number of aryl methyl sites for hydroxylation is 2. The highest BCUT2D eigenvalue weighted by Gasteiger charge is 2.00. The van der Waals surface area contributed by atoms with Crippen molar-refractivity contribution in [1.29, 1.82) is 0 Å². The summed E-state index contributed by atoms with van der Waals surface area (Å²) in [7, 11) is 1.73. The molecule has 0 fully saturated rings. The number of benzene rings is 1. The third kappa shape index (κ3) is 1.79. The van der Waals surface area contributed by atoms with E-state index in [-0.39, 0.29) is 0 Å². The molecule has 1 rings (SSSR count). The molecule has 0 heterocycles. The Hall–Kier alpha value is -0.980. The van der Waals surface area contributed by atoms with Gasteiger partial charge in [0.1, 0.15) is 5.75 Å². The average Bonchev–Trinajstić information content (AvgIpc) is 2.16. The van der Waals surface area contributed by atoms with Crippen LogP contribution in [0.4, 0.5) is 0 Å². The summed E-state index contributed by atoms with van der Waals surface area (Å²) in [6, 6.07) is 6.44. The molecule has 0 saturated carbocycles. The standard InChI is InChI=1S/C11H16O/c1-4-9-6-7-10(5-2)11(8-9)12-3/h6-8H,4-5H2,1-3H3. The lowest BCUT2D eigenvalue weighted by Crippen LogP contribution is -1.91. The van der Waals surface area contributed by atoms with Crippen LogP contribution in [0.5, 0.6) is 5.75 Å². The number of ether oxygens (including phenoxy) is 1. The highest BCUT2D eigenvalue weighted by atomic mass is 16.5. The lowest BCUT2D eigenvalue weighted by Gasteiger charge is -2.07. The minimum Gasteiger partial charge on any atom is -0.496 e. The van der Waals surface area contributed by atoms with E-state index in [1.165, 1.54) is 11.1 Å². The molecule has 0 aromatic heterocycles. The molecule has 0 unspecified atom stereocenters. The van der Waals surface area contributed by atoms with Gasteiger partial charge in [-0.3, -0.25) is 0 Å². The first-order valence-electron chi connectivity index (χ1n) is 4.47. The van der Waals surface area contributed by atoms with Crippen molar-refractivity contribution in [3.63, 3.8) is 0 Å². The van der Waals surface area contributed by atoms with Gasteiger partial charge in [-0.05, 0) is 30.0 Å². The molecule has 0 aliphatic heterocycles. The Bertz CT molecular complexity index is 253. The van der Waals surface area contributed by atoms with Crippen LogP contribution < -0.4 is 4.74 Å². The summed E-state index contributed by atoms with van der Waals surface area (Å²) < 4.78 is 5.28. The van der Waals surface area contributed by atoms with Gasteiger partial charge in [-0.15, -0.1) is 0 Å². The van der Waals surface area contributed by atoms with E-state index in [9.17, 15) is 0 Å². The number of rotatable bonds is 3. The van der Waals surface area contributed by atoms with Crippen molar-refractivity contribution in [3.05, 3.63) is 29.3 Å². The normalized spacial score (nSPS) is 9.92. The topological polar surface area (TPSA) is 9.23 Å². The van der Waals surface area contributed by atoms with E-state index in [2.05, 4.69) is 32.0 Å². The molecule has 66 valence electrons. The van der Waals surface area contributed by atoms with Gasteiger partial charge in [0.25, 0.3) is 0 Å². The van der Waals surface area contributed by atoms with Crippen LogP contribution in [0.1, 0.15) is 25.0 Å². The molecule has 0 bridgehead atoms. The molecule has 0 saturated heterocycles. The molecular formula is C11H16O. The Morgan fingerprint density at radius 3 is 2.42 bits per heavy atom. The Labute approximate surface area is 74.4 Å². The molecule has 0 radical (unpaired) electrons. The number of hydrogen-bond donors (Lipinski definition) is 0. The van der Waals surface area contributed by atoms with Gasteiger partial charge >= 0.3 is 0 Å². The SMILES string of the molecule is CCc1ccc(CC)c(OC)c1. The van der Waals surface area contributed by atoms with Crippen LogP contribution in [-0.2, 0) is 12.8 Å². The predicted octanol–water partition coefficient (Wildman–Crippen LogP) is 2.82. The summed E-state index contributed by atoms with van der Waals surface area (Å²) in [5.41, 5.74) is 2.62. The summed E-state index contributed by atoms with van der Waals surface area (Å²) in [6.07, 6.45) is 2.10. The predicted molar refractivity (Wildman–Crippen MR) is 51.8 cm³/mol.